The van der Waals surface area contributed by atoms with Crippen LogP contribution in [-0.2, 0) is 24.7 Å². The fourth-order valence-corrected chi connectivity index (χ4v) is 4.32. The fourth-order valence-electron chi connectivity index (χ4n) is 4.32. The minimum Gasteiger partial charge on any atom is -0.103 e. The number of hydrogen-bond acceptors (Lipinski definition) is 0. The van der Waals surface area contributed by atoms with Crippen molar-refractivity contribution in [3.8, 4) is 0 Å². The largest absolute Gasteiger partial charge is 0.103 e. The molecular formula is C32H36. The highest BCUT2D eigenvalue weighted by molar-refractivity contribution is 5.50. The van der Waals surface area contributed by atoms with Crippen LogP contribution in [0.1, 0.15) is 59.6 Å². The van der Waals surface area contributed by atoms with Crippen LogP contribution in [0.3, 0.4) is 0 Å². The van der Waals surface area contributed by atoms with Gasteiger partial charge in [-0.15, -0.1) is 19.7 Å². The molecule has 0 aliphatic heterocycles. The van der Waals surface area contributed by atoms with Crippen LogP contribution >= 0.6 is 0 Å². The van der Waals surface area contributed by atoms with Crippen molar-refractivity contribution >= 4 is 0 Å². The van der Waals surface area contributed by atoms with Crippen LogP contribution in [0.5, 0.6) is 0 Å². The van der Waals surface area contributed by atoms with Crippen LogP contribution in [-0.4, -0.2) is 0 Å². The fraction of sp³-hybridized carbons (Fsp3) is 0.250. The van der Waals surface area contributed by atoms with E-state index >= 15 is 0 Å². The third kappa shape index (κ3) is 5.56. The molecule has 0 radical (unpaired) electrons. The molecule has 0 fully saturated rings. The normalized spacial score (nSPS) is 11.2. The van der Waals surface area contributed by atoms with Crippen molar-refractivity contribution in [2.45, 2.75) is 50.9 Å². The second-order valence-corrected chi connectivity index (χ2v) is 8.70. The molecule has 3 aromatic rings. The van der Waals surface area contributed by atoms with Crippen molar-refractivity contribution in [1.29, 1.82) is 0 Å². The number of aryl methyl sites for hydroxylation is 3. The van der Waals surface area contributed by atoms with Crippen molar-refractivity contribution in [1.82, 2.24) is 0 Å². The molecule has 3 aromatic carbocycles. The van der Waals surface area contributed by atoms with E-state index in [0.717, 1.165) is 38.5 Å². The summed E-state index contributed by atoms with van der Waals surface area (Å²) < 4.78 is 0. The topological polar surface area (TPSA) is 0 Å². The van der Waals surface area contributed by atoms with Gasteiger partial charge in [0.15, 0.2) is 0 Å². The minimum absolute atomic E-state index is 0.217. The SMILES string of the molecule is C=CCCc1ccc(C(C)(c2ccc(CCC=C)cc2)c2ccc(CCC=C)cc2)cc1. The lowest BCUT2D eigenvalue weighted by Gasteiger charge is -2.32. The van der Waals surface area contributed by atoms with E-state index in [1.54, 1.807) is 0 Å². The first-order valence-electron chi connectivity index (χ1n) is 11.7. The van der Waals surface area contributed by atoms with Crippen LogP contribution in [0.25, 0.3) is 0 Å². The Labute approximate surface area is 195 Å². The smallest absolute Gasteiger partial charge is 0.0423 e. The van der Waals surface area contributed by atoms with Crippen molar-refractivity contribution < 1.29 is 0 Å². The zero-order valence-corrected chi connectivity index (χ0v) is 19.5. The lowest BCUT2D eigenvalue weighted by molar-refractivity contribution is 0.690. The van der Waals surface area contributed by atoms with Gasteiger partial charge in [0, 0.05) is 5.41 Å². The first-order chi connectivity index (χ1) is 15.6. The molecule has 0 unspecified atom stereocenters. The van der Waals surface area contributed by atoms with Crippen molar-refractivity contribution in [2.24, 2.45) is 0 Å². The molecule has 0 N–H and O–H groups in total. The Balaban J connectivity index is 2.01. The first-order valence-corrected chi connectivity index (χ1v) is 11.7. The first kappa shape index (κ1) is 23.5. The van der Waals surface area contributed by atoms with Crippen LogP contribution in [0, 0.1) is 0 Å². The van der Waals surface area contributed by atoms with Gasteiger partial charge in [0.05, 0.1) is 0 Å². The molecule has 32 heavy (non-hydrogen) atoms. The molecule has 0 atom stereocenters. The standard InChI is InChI=1S/C32H36/c1-5-8-11-26-14-20-29(21-15-26)32(4,30-22-16-27(17-23-30)12-9-6-2)31-24-18-28(19-25-31)13-10-7-3/h5-7,14-25H,1-3,8-13H2,4H3. The van der Waals surface area contributed by atoms with Gasteiger partial charge in [-0.3, -0.25) is 0 Å². The molecule has 0 nitrogen and oxygen atoms in total. The summed E-state index contributed by atoms with van der Waals surface area (Å²) in [5.41, 5.74) is 7.81. The second-order valence-electron chi connectivity index (χ2n) is 8.70. The summed E-state index contributed by atoms with van der Waals surface area (Å²) in [5, 5.41) is 0. The minimum atomic E-state index is -0.217. The Morgan fingerprint density at radius 2 is 0.750 bits per heavy atom. The van der Waals surface area contributed by atoms with Crippen molar-refractivity contribution in [3.05, 3.63) is 144 Å². The average molecular weight is 421 g/mol. The maximum absolute atomic E-state index is 3.85. The van der Waals surface area contributed by atoms with E-state index in [2.05, 4.69) is 99.5 Å². The maximum atomic E-state index is 3.85. The Hall–Kier alpha value is -3.12. The lowest BCUT2D eigenvalue weighted by Crippen LogP contribution is -2.25. The zero-order valence-electron chi connectivity index (χ0n) is 19.5. The molecule has 3 rings (SSSR count). The van der Waals surface area contributed by atoms with Gasteiger partial charge in [0.2, 0.25) is 0 Å². The summed E-state index contributed by atoms with van der Waals surface area (Å²) in [6, 6.07) is 27.4. The molecule has 0 heteroatoms. The Kier molecular flexibility index (Phi) is 8.45. The predicted molar refractivity (Wildman–Crippen MR) is 140 cm³/mol. The molecule has 0 bridgehead atoms. The monoisotopic (exact) mass is 420 g/mol. The summed E-state index contributed by atoms with van der Waals surface area (Å²) in [5.74, 6) is 0. The van der Waals surface area contributed by atoms with E-state index in [1.807, 2.05) is 18.2 Å². The molecule has 0 aromatic heterocycles. The summed E-state index contributed by atoms with van der Waals surface area (Å²) in [4.78, 5) is 0. The van der Waals surface area contributed by atoms with Gasteiger partial charge in [-0.2, -0.15) is 0 Å². The molecule has 0 saturated heterocycles. The summed E-state index contributed by atoms with van der Waals surface area (Å²) >= 11 is 0. The van der Waals surface area contributed by atoms with E-state index in [-0.39, 0.29) is 5.41 Å². The van der Waals surface area contributed by atoms with Gasteiger partial charge in [-0.1, -0.05) is 91.0 Å². The molecule has 0 aliphatic rings. The Morgan fingerprint density at radius 3 is 0.969 bits per heavy atom. The molecule has 0 spiro atoms. The van der Waals surface area contributed by atoms with Crippen molar-refractivity contribution in [3.63, 3.8) is 0 Å². The summed E-state index contributed by atoms with van der Waals surface area (Å²) in [7, 11) is 0. The molecule has 0 heterocycles. The van der Waals surface area contributed by atoms with E-state index in [0.29, 0.717) is 0 Å². The number of benzene rings is 3. The van der Waals surface area contributed by atoms with Gasteiger partial charge in [0.1, 0.15) is 0 Å². The van der Waals surface area contributed by atoms with Gasteiger partial charge in [-0.25, -0.2) is 0 Å². The maximum Gasteiger partial charge on any atom is 0.0423 e. The number of hydrogen-bond donors (Lipinski definition) is 0. The highest BCUT2D eigenvalue weighted by atomic mass is 14.3. The summed E-state index contributed by atoms with van der Waals surface area (Å²) in [6.45, 7) is 13.9. The van der Waals surface area contributed by atoms with Gasteiger partial charge in [0.25, 0.3) is 0 Å². The van der Waals surface area contributed by atoms with Crippen LogP contribution in [0.2, 0.25) is 0 Å². The van der Waals surface area contributed by atoms with Crippen LogP contribution in [0.4, 0.5) is 0 Å². The number of allylic oxidation sites excluding steroid dienone is 3. The van der Waals surface area contributed by atoms with E-state index in [1.165, 1.54) is 33.4 Å². The highest BCUT2D eigenvalue weighted by Gasteiger charge is 2.31. The molecule has 0 aliphatic carbocycles. The van der Waals surface area contributed by atoms with Crippen LogP contribution in [0.15, 0.2) is 111 Å². The molecule has 0 saturated carbocycles. The van der Waals surface area contributed by atoms with E-state index in [4.69, 9.17) is 0 Å². The van der Waals surface area contributed by atoms with E-state index < -0.39 is 0 Å². The second kappa shape index (κ2) is 11.5. The number of rotatable bonds is 12. The summed E-state index contributed by atoms with van der Waals surface area (Å²) in [6.07, 6.45) is 12.1. The van der Waals surface area contributed by atoms with E-state index in [9.17, 15) is 0 Å². The Morgan fingerprint density at radius 1 is 0.500 bits per heavy atom. The predicted octanol–water partition coefficient (Wildman–Crippen LogP) is 8.40. The van der Waals surface area contributed by atoms with Crippen LogP contribution < -0.4 is 0 Å². The van der Waals surface area contributed by atoms with Gasteiger partial charge in [-0.05, 0) is 78.8 Å². The molecule has 0 amide bonds. The highest BCUT2D eigenvalue weighted by Crippen LogP contribution is 2.39. The van der Waals surface area contributed by atoms with Crippen molar-refractivity contribution in [2.75, 3.05) is 0 Å². The molecular weight excluding hydrogens is 384 g/mol. The third-order valence-electron chi connectivity index (χ3n) is 6.51. The average Bonchev–Trinajstić information content (AvgIpc) is 2.85. The third-order valence-corrected chi connectivity index (χ3v) is 6.51. The van der Waals surface area contributed by atoms with Gasteiger partial charge < -0.3 is 0 Å². The lowest BCUT2D eigenvalue weighted by atomic mass is 9.70. The van der Waals surface area contributed by atoms with Gasteiger partial charge >= 0.3 is 0 Å². The zero-order chi connectivity index (χ0) is 22.8. The Bertz CT molecular complexity index is 866. The quantitative estimate of drug-likeness (QED) is 0.204. The molecule has 164 valence electrons.